The van der Waals surface area contributed by atoms with Gasteiger partial charge in [0.2, 0.25) is 11.8 Å². The zero-order chi connectivity index (χ0) is 26.0. The zero-order valence-corrected chi connectivity index (χ0v) is 22.5. The first kappa shape index (κ1) is 26.4. The van der Waals surface area contributed by atoms with Gasteiger partial charge < -0.3 is 10.2 Å². The van der Waals surface area contributed by atoms with E-state index in [1.165, 1.54) is 0 Å². The topological polar surface area (TPSA) is 49.4 Å². The number of nitrogens with one attached hydrogen (secondary N) is 1. The molecule has 2 amide bonds. The van der Waals surface area contributed by atoms with E-state index in [2.05, 4.69) is 45.5 Å². The van der Waals surface area contributed by atoms with E-state index in [1.807, 2.05) is 91.0 Å². The summed E-state index contributed by atoms with van der Waals surface area (Å²) in [5, 5.41) is 2.79. The molecule has 0 heterocycles. The van der Waals surface area contributed by atoms with Crippen LogP contribution < -0.4 is 5.32 Å². The van der Waals surface area contributed by atoms with Gasteiger partial charge in [0, 0.05) is 36.8 Å². The van der Waals surface area contributed by atoms with Crippen molar-refractivity contribution in [1.29, 1.82) is 0 Å². The Balaban J connectivity index is 1.71. The highest BCUT2D eigenvalue weighted by atomic mass is 79.9. The van der Waals surface area contributed by atoms with Gasteiger partial charge in [0.25, 0.3) is 0 Å². The first-order valence-corrected chi connectivity index (χ1v) is 13.2. The summed E-state index contributed by atoms with van der Waals surface area (Å²) in [5.41, 5.74) is 4.11. The van der Waals surface area contributed by atoms with E-state index in [0.29, 0.717) is 13.0 Å². The number of hydrogen-bond acceptors (Lipinski definition) is 2. The molecule has 0 unspecified atom stereocenters. The molecule has 0 aliphatic carbocycles. The first-order chi connectivity index (χ1) is 18.0. The number of likely N-dealkylation sites (N-methyl/N-ethyl adjacent to an activating group) is 1. The Kier molecular flexibility index (Phi) is 9.28. The van der Waals surface area contributed by atoms with Gasteiger partial charge in [-0.05, 0) is 34.4 Å². The summed E-state index contributed by atoms with van der Waals surface area (Å²) in [6, 6.07) is 37.3. The maximum absolute atomic E-state index is 14.2. The third-order valence-corrected chi connectivity index (χ3v) is 7.04. The third kappa shape index (κ3) is 7.17. The molecule has 0 saturated carbocycles. The Bertz CT molecular complexity index is 1260. The van der Waals surface area contributed by atoms with Crippen LogP contribution in [0, 0.1) is 0 Å². The molecule has 0 aliphatic rings. The summed E-state index contributed by atoms with van der Waals surface area (Å²) >= 11 is 3.54. The Morgan fingerprint density at radius 2 is 1.30 bits per heavy atom. The van der Waals surface area contributed by atoms with Gasteiger partial charge >= 0.3 is 0 Å². The number of carbonyl (C=O) groups is 2. The monoisotopic (exact) mass is 554 g/mol. The Morgan fingerprint density at radius 3 is 1.84 bits per heavy atom. The minimum atomic E-state index is -0.647. The summed E-state index contributed by atoms with van der Waals surface area (Å²) in [7, 11) is 1.62. The fourth-order valence-corrected chi connectivity index (χ4v) is 5.09. The van der Waals surface area contributed by atoms with Gasteiger partial charge in [0.05, 0.1) is 0 Å². The number of hydrogen-bond donors (Lipinski definition) is 1. The highest BCUT2D eigenvalue weighted by Crippen LogP contribution is 2.30. The number of benzene rings is 4. The van der Waals surface area contributed by atoms with E-state index < -0.39 is 6.04 Å². The SMILES string of the molecule is CNC(=O)[C@@H](Cc1ccccc1)N(Cc1cccc(Br)c1)C(=O)CC(c1ccccc1)c1ccccc1. The zero-order valence-electron chi connectivity index (χ0n) is 20.9. The molecule has 0 fully saturated rings. The molecule has 5 heteroatoms. The van der Waals surface area contributed by atoms with E-state index in [-0.39, 0.29) is 24.2 Å². The summed E-state index contributed by atoms with van der Waals surface area (Å²) in [6.07, 6.45) is 0.686. The molecule has 0 spiro atoms. The van der Waals surface area contributed by atoms with Crippen LogP contribution in [0.1, 0.15) is 34.6 Å². The molecule has 4 aromatic carbocycles. The third-order valence-electron chi connectivity index (χ3n) is 6.54. The highest BCUT2D eigenvalue weighted by Gasteiger charge is 2.31. The molecule has 37 heavy (non-hydrogen) atoms. The van der Waals surface area contributed by atoms with Crippen LogP contribution in [0.25, 0.3) is 0 Å². The molecule has 0 saturated heterocycles. The van der Waals surface area contributed by atoms with Crippen LogP contribution in [0.4, 0.5) is 0 Å². The van der Waals surface area contributed by atoms with Crippen molar-refractivity contribution in [1.82, 2.24) is 10.2 Å². The van der Waals surface area contributed by atoms with Crippen molar-refractivity contribution >= 4 is 27.7 Å². The number of nitrogens with zero attached hydrogens (tertiary/aromatic N) is 1. The van der Waals surface area contributed by atoms with Crippen LogP contribution in [-0.2, 0) is 22.6 Å². The Morgan fingerprint density at radius 1 is 0.757 bits per heavy atom. The summed E-state index contributed by atoms with van der Waals surface area (Å²) in [4.78, 5) is 29.1. The van der Waals surface area contributed by atoms with Crippen molar-refractivity contribution in [3.05, 3.63) is 142 Å². The van der Waals surface area contributed by atoms with E-state index in [0.717, 1.165) is 26.7 Å². The molecule has 4 aromatic rings. The largest absolute Gasteiger partial charge is 0.357 e. The maximum atomic E-state index is 14.2. The minimum absolute atomic E-state index is 0.0674. The van der Waals surface area contributed by atoms with Gasteiger partial charge in [-0.15, -0.1) is 0 Å². The van der Waals surface area contributed by atoms with Gasteiger partial charge in [0.15, 0.2) is 0 Å². The number of amides is 2. The van der Waals surface area contributed by atoms with Gasteiger partial charge in [-0.2, -0.15) is 0 Å². The van der Waals surface area contributed by atoms with E-state index in [1.54, 1.807) is 11.9 Å². The van der Waals surface area contributed by atoms with Gasteiger partial charge in [-0.3, -0.25) is 9.59 Å². The van der Waals surface area contributed by atoms with Gasteiger partial charge in [-0.1, -0.05) is 119 Å². The van der Waals surface area contributed by atoms with Crippen LogP contribution in [-0.4, -0.2) is 29.8 Å². The average Bonchev–Trinajstić information content (AvgIpc) is 2.94. The van der Waals surface area contributed by atoms with Crippen molar-refractivity contribution in [2.45, 2.75) is 31.3 Å². The number of carbonyl (C=O) groups excluding carboxylic acids is 2. The van der Waals surface area contributed by atoms with Crippen molar-refractivity contribution in [2.75, 3.05) is 7.05 Å². The van der Waals surface area contributed by atoms with Crippen molar-refractivity contribution in [3.8, 4) is 0 Å². The molecule has 0 radical (unpaired) electrons. The average molecular weight is 556 g/mol. The van der Waals surface area contributed by atoms with Crippen LogP contribution in [0.5, 0.6) is 0 Å². The smallest absolute Gasteiger partial charge is 0.242 e. The fraction of sp³-hybridized carbons (Fsp3) is 0.188. The van der Waals surface area contributed by atoms with Crippen molar-refractivity contribution in [2.24, 2.45) is 0 Å². The van der Waals surface area contributed by atoms with Crippen LogP contribution in [0.2, 0.25) is 0 Å². The lowest BCUT2D eigenvalue weighted by molar-refractivity contribution is -0.141. The van der Waals surface area contributed by atoms with E-state index in [4.69, 9.17) is 0 Å². The molecule has 0 aromatic heterocycles. The normalized spacial score (nSPS) is 11.6. The van der Waals surface area contributed by atoms with Crippen molar-refractivity contribution in [3.63, 3.8) is 0 Å². The van der Waals surface area contributed by atoms with Gasteiger partial charge in [-0.25, -0.2) is 0 Å². The molecule has 0 aliphatic heterocycles. The quantitative estimate of drug-likeness (QED) is 0.248. The minimum Gasteiger partial charge on any atom is -0.357 e. The fourth-order valence-electron chi connectivity index (χ4n) is 4.64. The molecule has 188 valence electrons. The molecule has 1 N–H and O–H groups in total. The lowest BCUT2D eigenvalue weighted by Gasteiger charge is -2.32. The van der Waals surface area contributed by atoms with E-state index >= 15 is 0 Å². The highest BCUT2D eigenvalue weighted by molar-refractivity contribution is 9.10. The number of halogens is 1. The molecular formula is C32H31BrN2O2. The second kappa shape index (κ2) is 13.0. The first-order valence-electron chi connectivity index (χ1n) is 12.4. The predicted molar refractivity (Wildman–Crippen MR) is 152 cm³/mol. The standard InChI is InChI=1S/C32H31BrN2O2/c1-34-32(37)30(21-24-12-5-2-6-13-24)35(23-25-14-11-19-28(33)20-25)31(36)22-29(26-15-7-3-8-16-26)27-17-9-4-10-18-27/h2-20,29-30H,21-23H2,1H3,(H,34,37)/t30-/m1/s1. The summed E-state index contributed by atoms with van der Waals surface area (Å²) in [6.45, 7) is 0.333. The van der Waals surface area contributed by atoms with Gasteiger partial charge in [0.1, 0.15) is 6.04 Å². The van der Waals surface area contributed by atoms with Crippen LogP contribution >= 0.6 is 15.9 Å². The van der Waals surface area contributed by atoms with Crippen LogP contribution in [0.15, 0.2) is 120 Å². The van der Waals surface area contributed by atoms with Crippen LogP contribution in [0.3, 0.4) is 0 Å². The summed E-state index contributed by atoms with van der Waals surface area (Å²) < 4.78 is 0.934. The van der Waals surface area contributed by atoms with Crippen molar-refractivity contribution < 1.29 is 9.59 Å². The lowest BCUT2D eigenvalue weighted by atomic mass is 9.87. The molecule has 1 atom stereocenters. The summed E-state index contributed by atoms with van der Waals surface area (Å²) in [5.74, 6) is -0.368. The Hall–Kier alpha value is -3.70. The molecule has 0 bridgehead atoms. The molecular weight excluding hydrogens is 524 g/mol. The maximum Gasteiger partial charge on any atom is 0.242 e. The lowest BCUT2D eigenvalue weighted by Crippen LogP contribution is -2.50. The molecule has 4 nitrogen and oxygen atoms in total. The second-order valence-corrected chi connectivity index (χ2v) is 9.97. The van der Waals surface area contributed by atoms with E-state index in [9.17, 15) is 9.59 Å². The molecule has 4 rings (SSSR count). The predicted octanol–water partition coefficient (Wildman–Crippen LogP) is 6.36. The second-order valence-electron chi connectivity index (χ2n) is 9.05. The Labute approximate surface area is 227 Å². The number of rotatable bonds is 10.